The van der Waals surface area contributed by atoms with Crippen molar-refractivity contribution in [2.24, 2.45) is 0 Å². The summed E-state index contributed by atoms with van der Waals surface area (Å²) in [6.45, 7) is 7.00. The van der Waals surface area contributed by atoms with E-state index in [1.54, 1.807) is 0 Å². The van der Waals surface area contributed by atoms with Crippen molar-refractivity contribution in [2.45, 2.75) is 45.6 Å². The highest BCUT2D eigenvalue weighted by Gasteiger charge is 2.22. The summed E-state index contributed by atoms with van der Waals surface area (Å²) in [5.74, 6) is 0.862. The maximum atomic E-state index is 12.0. The number of carbonyl (C=O) groups excluding carboxylic acids is 1. The molecular weight excluding hydrogens is 404 g/mol. The van der Waals surface area contributed by atoms with Gasteiger partial charge in [-0.1, -0.05) is 6.92 Å². The summed E-state index contributed by atoms with van der Waals surface area (Å²) >= 11 is 0. The number of nitrogen functional groups attached to an aromatic ring is 1. The summed E-state index contributed by atoms with van der Waals surface area (Å²) in [5, 5.41) is 3.39. The van der Waals surface area contributed by atoms with Crippen LogP contribution in [0.25, 0.3) is 22.6 Å². The van der Waals surface area contributed by atoms with Gasteiger partial charge in [-0.3, -0.25) is 4.79 Å². The first-order valence-electron chi connectivity index (χ1n) is 11.4. The number of hydrogen-bond donors (Lipinski definition) is 2. The Morgan fingerprint density at radius 2 is 2.00 bits per heavy atom. The molecule has 0 saturated carbocycles. The average molecular weight is 437 g/mol. The molecule has 1 aliphatic rings. The number of nitrogens with two attached hydrogens (primary N) is 1. The van der Waals surface area contributed by atoms with Crippen molar-refractivity contribution in [1.82, 2.24) is 9.88 Å². The summed E-state index contributed by atoms with van der Waals surface area (Å²) in [5.41, 5.74) is 11.1. The number of piperidine rings is 1. The molecule has 4 rings (SSSR count). The number of aryl methyl sites for hydroxylation is 1. The minimum Gasteiger partial charge on any atom is -0.436 e. The van der Waals surface area contributed by atoms with E-state index >= 15 is 0 Å². The molecule has 0 bridgehead atoms. The van der Waals surface area contributed by atoms with Crippen molar-refractivity contribution in [1.29, 1.82) is 0 Å². The number of ether oxygens (including phenoxy) is 1. The maximum absolute atomic E-state index is 12.0. The molecule has 0 spiro atoms. The number of fused-ring (bicyclic) bond motifs is 1. The van der Waals surface area contributed by atoms with Crippen LogP contribution in [0, 0.1) is 6.92 Å². The van der Waals surface area contributed by atoms with Gasteiger partial charge in [-0.25, -0.2) is 4.98 Å². The Labute approximate surface area is 188 Å². The van der Waals surface area contributed by atoms with Crippen LogP contribution in [0.4, 0.5) is 11.4 Å². The van der Waals surface area contributed by atoms with Gasteiger partial charge in [0.1, 0.15) is 5.52 Å². The van der Waals surface area contributed by atoms with E-state index < -0.39 is 0 Å². The SMILES string of the molecule is CCCC(=O)N1CCC(OCCNc2ccc(-c3nc4cc(N)cc(C)c4o3)cc2)CC1. The second-order valence-corrected chi connectivity index (χ2v) is 8.41. The van der Waals surface area contributed by atoms with Crippen LogP contribution in [0.2, 0.25) is 0 Å². The largest absolute Gasteiger partial charge is 0.436 e. The van der Waals surface area contributed by atoms with Gasteiger partial charge in [-0.2, -0.15) is 0 Å². The van der Waals surface area contributed by atoms with E-state index in [0.29, 0.717) is 24.6 Å². The van der Waals surface area contributed by atoms with Gasteiger partial charge in [0.15, 0.2) is 5.58 Å². The van der Waals surface area contributed by atoms with Crippen molar-refractivity contribution in [3.63, 3.8) is 0 Å². The zero-order chi connectivity index (χ0) is 22.5. The molecule has 32 heavy (non-hydrogen) atoms. The van der Waals surface area contributed by atoms with Crippen LogP contribution >= 0.6 is 0 Å². The van der Waals surface area contributed by atoms with Crippen molar-refractivity contribution < 1.29 is 13.9 Å². The van der Waals surface area contributed by atoms with E-state index in [4.69, 9.17) is 14.9 Å². The number of nitrogens with zero attached hydrogens (tertiary/aromatic N) is 2. The van der Waals surface area contributed by atoms with E-state index in [0.717, 1.165) is 66.8 Å². The number of anilines is 2. The molecule has 7 nitrogen and oxygen atoms in total. The topological polar surface area (TPSA) is 93.6 Å². The fourth-order valence-corrected chi connectivity index (χ4v) is 4.15. The minimum absolute atomic E-state index is 0.238. The predicted octanol–water partition coefficient (Wildman–Crippen LogP) is 4.61. The highest BCUT2D eigenvalue weighted by Crippen LogP contribution is 2.28. The number of rotatable bonds is 8. The first-order valence-corrected chi connectivity index (χ1v) is 11.4. The zero-order valence-electron chi connectivity index (χ0n) is 18.9. The third-order valence-electron chi connectivity index (χ3n) is 5.87. The van der Waals surface area contributed by atoms with E-state index in [-0.39, 0.29) is 12.0 Å². The number of nitrogens with one attached hydrogen (secondary N) is 1. The molecule has 1 saturated heterocycles. The van der Waals surface area contributed by atoms with Crippen LogP contribution in [0.3, 0.4) is 0 Å². The van der Waals surface area contributed by atoms with Crippen molar-refractivity contribution in [2.75, 3.05) is 37.3 Å². The molecule has 0 radical (unpaired) electrons. The summed E-state index contributed by atoms with van der Waals surface area (Å²) in [6.07, 6.45) is 3.63. The summed E-state index contributed by atoms with van der Waals surface area (Å²) in [6, 6.07) is 11.7. The Morgan fingerprint density at radius 3 is 2.72 bits per heavy atom. The van der Waals surface area contributed by atoms with Crippen LogP contribution < -0.4 is 11.1 Å². The molecule has 1 amide bonds. The van der Waals surface area contributed by atoms with Crippen LogP contribution in [-0.2, 0) is 9.53 Å². The molecule has 1 aliphatic heterocycles. The second-order valence-electron chi connectivity index (χ2n) is 8.41. The van der Waals surface area contributed by atoms with Crippen LogP contribution in [0.15, 0.2) is 40.8 Å². The van der Waals surface area contributed by atoms with E-state index in [1.165, 1.54) is 0 Å². The van der Waals surface area contributed by atoms with Gasteiger partial charge in [0.05, 0.1) is 12.7 Å². The van der Waals surface area contributed by atoms with Crippen molar-refractivity contribution >= 4 is 28.4 Å². The minimum atomic E-state index is 0.238. The van der Waals surface area contributed by atoms with Gasteiger partial charge in [0.25, 0.3) is 0 Å². The summed E-state index contributed by atoms with van der Waals surface area (Å²) in [4.78, 5) is 18.5. The number of benzene rings is 2. The smallest absolute Gasteiger partial charge is 0.227 e. The van der Waals surface area contributed by atoms with Crippen LogP contribution in [0.1, 0.15) is 38.2 Å². The predicted molar refractivity (Wildman–Crippen MR) is 128 cm³/mol. The number of hydrogen-bond acceptors (Lipinski definition) is 6. The van der Waals surface area contributed by atoms with E-state index in [1.807, 2.05) is 55.1 Å². The molecule has 7 heteroatoms. The Balaban J connectivity index is 1.23. The fourth-order valence-electron chi connectivity index (χ4n) is 4.15. The molecule has 3 aromatic rings. The molecule has 0 unspecified atom stereocenters. The molecule has 2 aromatic carbocycles. The quantitative estimate of drug-likeness (QED) is 0.396. The monoisotopic (exact) mass is 436 g/mol. The lowest BCUT2D eigenvalue weighted by Crippen LogP contribution is -2.41. The highest BCUT2D eigenvalue weighted by atomic mass is 16.5. The Bertz CT molecular complexity index is 1050. The lowest BCUT2D eigenvalue weighted by atomic mass is 10.1. The number of aromatic nitrogens is 1. The first-order chi connectivity index (χ1) is 15.5. The van der Waals surface area contributed by atoms with Crippen molar-refractivity contribution in [3.8, 4) is 11.5 Å². The van der Waals surface area contributed by atoms with E-state index in [9.17, 15) is 4.79 Å². The molecule has 1 fully saturated rings. The molecule has 2 heterocycles. The third kappa shape index (κ3) is 5.22. The standard InChI is InChI=1S/C25H32N4O3/c1-3-4-23(30)29-12-9-21(10-13-29)31-14-11-27-20-7-5-18(6-8-20)25-28-22-16-19(26)15-17(2)24(22)32-25/h5-8,15-16,21,27H,3-4,9-14,26H2,1-2H3. The lowest BCUT2D eigenvalue weighted by Gasteiger charge is -2.32. The Kier molecular flexibility index (Phi) is 6.95. The molecular formula is C25H32N4O3. The Morgan fingerprint density at radius 1 is 1.25 bits per heavy atom. The van der Waals surface area contributed by atoms with E-state index in [2.05, 4.69) is 10.3 Å². The van der Waals surface area contributed by atoms with Gasteiger partial charge in [0.2, 0.25) is 11.8 Å². The first kappa shape index (κ1) is 22.1. The number of oxazole rings is 1. The number of carbonyl (C=O) groups is 1. The number of likely N-dealkylation sites (tertiary alicyclic amines) is 1. The van der Waals surface area contributed by atoms with Crippen molar-refractivity contribution in [3.05, 3.63) is 42.0 Å². The molecule has 170 valence electrons. The summed E-state index contributed by atoms with van der Waals surface area (Å²) in [7, 11) is 0. The van der Waals surface area contributed by atoms with Crippen LogP contribution in [0.5, 0.6) is 0 Å². The normalized spacial score (nSPS) is 14.8. The van der Waals surface area contributed by atoms with Gasteiger partial charge < -0.3 is 25.1 Å². The van der Waals surface area contributed by atoms with Gasteiger partial charge in [0, 0.05) is 43.0 Å². The highest BCUT2D eigenvalue weighted by molar-refractivity contribution is 5.82. The van der Waals surface area contributed by atoms with Gasteiger partial charge in [-0.15, -0.1) is 0 Å². The zero-order valence-corrected chi connectivity index (χ0v) is 18.9. The molecule has 1 aromatic heterocycles. The van der Waals surface area contributed by atoms with Crippen LogP contribution in [-0.4, -0.2) is 48.1 Å². The Hall–Kier alpha value is -3.06. The molecule has 0 aliphatic carbocycles. The second kappa shape index (κ2) is 10.0. The lowest BCUT2D eigenvalue weighted by molar-refractivity contribution is -0.133. The third-order valence-corrected chi connectivity index (χ3v) is 5.87. The van der Waals surface area contributed by atoms with Gasteiger partial charge in [-0.05, 0) is 68.1 Å². The average Bonchev–Trinajstić information content (AvgIpc) is 3.22. The fraction of sp³-hybridized carbons (Fsp3) is 0.440. The maximum Gasteiger partial charge on any atom is 0.227 e. The summed E-state index contributed by atoms with van der Waals surface area (Å²) < 4.78 is 12.0. The molecule has 3 N–H and O–H groups in total. The number of amides is 1. The van der Waals surface area contributed by atoms with Gasteiger partial charge >= 0.3 is 0 Å². The molecule has 0 atom stereocenters.